The van der Waals surface area contributed by atoms with Crippen molar-refractivity contribution in [2.75, 3.05) is 36.0 Å². The van der Waals surface area contributed by atoms with Gasteiger partial charge < -0.3 is 9.80 Å². The van der Waals surface area contributed by atoms with Crippen LogP contribution in [-0.2, 0) is 0 Å². The maximum atomic E-state index is 11.7. The molecule has 0 aliphatic carbocycles. The van der Waals surface area contributed by atoms with E-state index in [1.165, 1.54) is 19.2 Å². The number of anilines is 2. The molecule has 0 radical (unpaired) electrons. The average molecular weight is 305 g/mol. The van der Waals surface area contributed by atoms with E-state index in [1.807, 2.05) is 4.90 Å². The van der Waals surface area contributed by atoms with Crippen molar-refractivity contribution in [2.24, 2.45) is 5.92 Å². The van der Waals surface area contributed by atoms with Crippen LogP contribution in [0.25, 0.3) is 0 Å². The van der Waals surface area contributed by atoms with Gasteiger partial charge in [-0.3, -0.25) is 10.1 Å². The maximum Gasteiger partial charge on any atom is 0.353 e. The summed E-state index contributed by atoms with van der Waals surface area (Å²) in [5.41, 5.74) is 0.0819. The van der Waals surface area contributed by atoms with E-state index < -0.39 is 0 Å². The molecule has 2 fully saturated rings. The number of aromatic nitrogens is 2. The maximum absolute atomic E-state index is 11.7. The van der Waals surface area contributed by atoms with E-state index in [0.717, 1.165) is 45.4 Å². The van der Waals surface area contributed by atoms with Crippen molar-refractivity contribution in [3.05, 3.63) is 16.4 Å². The summed E-state index contributed by atoms with van der Waals surface area (Å²) in [5.74, 6) is 1.53. The number of rotatable bonds is 3. The fourth-order valence-corrected chi connectivity index (χ4v) is 3.47. The SMILES string of the molecule is CC1CCCN(c2ncnc(N3CCCCC3)c2[N+](=O)[O-])C1. The minimum atomic E-state index is -0.307. The molecule has 0 amide bonds. The third-order valence-electron chi connectivity index (χ3n) is 4.58. The molecule has 0 spiro atoms. The van der Waals surface area contributed by atoms with Crippen LogP contribution in [0.15, 0.2) is 6.33 Å². The molecular weight excluding hydrogens is 282 g/mol. The third kappa shape index (κ3) is 2.98. The van der Waals surface area contributed by atoms with Crippen LogP contribution in [0.3, 0.4) is 0 Å². The molecule has 2 saturated heterocycles. The van der Waals surface area contributed by atoms with Gasteiger partial charge in [0.25, 0.3) is 0 Å². The normalized spacial score (nSPS) is 22.7. The van der Waals surface area contributed by atoms with Gasteiger partial charge in [0.05, 0.1) is 4.92 Å². The fourth-order valence-electron chi connectivity index (χ4n) is 3.47. The van der Waals surface area contributed by atoms with E-state index >= 15 is 0 Å². The predicted octanol–water partition coefficient (Wildman–Crippen LogP) is 2.61. The smallest absolute Gasteiger partial charge is 0.351 e. The molecule has 7 heteroatoms. The zero-order valence-electron chi connectivity index (χ0n) is 13.1. The van der Waals surface area contributed by atoms with E-state index in [2.05, 4.69) is 21.8 Å². The Labute approximate surface area is 130 Å². The van der Waals surface area contributed by atoms with Crippen LogP contribution in [0, 0.1) is 16.0 Å². The molecule has 120 valence electrons. The van der Waals surface area contributed by atoms with Gasteiger partial charge in [0.1, 0.15) is 6.33 Å². The van der Waals surface area contributed by atoms with E-state index in [-0.39, 0.29) is 10.6 Å². The highest BCUT2D eigenvalue weighted by atomic mass is 16.6. The minimum absolute atomic E-state index is 0.0819. The van der Waals surface area contributed by atoms with Crippen molar-refractivity contribution in [3.63, 3.8) is 0 Å². The van der Waals surface area contributed by atoms with Crippen LogP contribution in [0.5, 0.6) is 0 Å². The molecular formula is C15H23N5O2. The zero-order valence-corrected chi connectivity index (χ0v) is 13.1. The molecule has 0 bridgehead atoms. The van der Waals surface area contributed by atoms with Gasteiger partial charge in [0.15, 0.2) is 0 Å². The summed E-state index contributed by atoms with van der Waals surface area (Å²) in [4.78, 5) is 24.0. The molecule has 1 aromatic heterocycles. The van der Waals surface area contributed by atoms with Crippen molar-refractivity contribution in [3.8, 4) is 0 Å². The van der Waals surface area contributed by atoms with E-state index in [9.17, 15) is 10.1 Å². The standard InChI is InChI=1S/C15H23N5O2/c1-12-6-5-9-19(10-12)15-13(20(21)22)14(16-11-17-15)18-7-3-2-4-8-18/h11-12H,2-10H2,1H3. The Morgan fingerprint density at radius 1 is 1.09 bits per heavy atom. The van der Waals surface area contributed by atoms with Gasteiger partial charge in [-0.2, -0.15) is 0 Å². The Morgan fingerprint density at radius 3 is 2.36 bits per heavy atom. The molecule has 3 rings (SSSR count). The van der Waals surface area contributed by atoms with Gasteiger partial charge in [-0.1, -0.05) is 6.92 Å². The number of hydrogen-bond acceptors (Lipinski definition) is 6. The summed E-state index contributed by atoms with van der Waals surface area (Å²) in [6.07, 6.45) is 7.03. The summed E-state index contributed by atoms with van der Waals surface area (Å²) in [6.45, 7) is 5.53. The lowest BCUT2D eigenvalue weighted by atomic mass is 10.0. The van der Waals surface area contributed by atoms with Gasteiger partial charge in [-0.15, -0.1) is 0 Å². The molecule has 0 saturated carbocycles. The number of nitrogens with zero attached hydrogens (tertiary/aromatic N) is 5. The highest BCUT2D eigenvalue weighted by molar-refractivity contribution is 5.71. The first-order valence-electron chi connectivity index (χ1n) is 8.16. The number of piperidine rings is 2. The molecule has 0 N–H and O–H groups in total. The summed E-state index contributed by atoms with van der Waals surface area (Å²) in [7, 11) is 0. The number of nitro groups is 1. The molecule has 2 aliphatic rings. The Hall–Kier alpha value is -1.92. The van der Waals surface area contributed by atoms with Crippen molar-refractivity contribution < 1.29 is 4.92 Å². The molecule has 22 heavy (non-hydrogen) atoms. The van der Waals surface area contributed by atoms with Crippen LogP contribution in [0.1, 0.15) is 39.0 Å². The first-order chi connectivity index (χ1) is 10.7. The molecule has 1 unspecified atom stereocenters. The van der Waals surface area contributed by atoms with Crippen LogP contribution >= 0.6 is 0 Å². The van der Waals surface area contributed by atoms with Gasteiger partial charge in [0.2, 0.25) is 11.6 Å². The monoisotopic (exact) mass is 305 g/mol. The lowest BCUT2D eigenvalue weighted by molar-refractivity contribution is -0.383. The van der Waals surface area contributed by atoms with Crippen molar-refractivity contribution in [2.45, 2.75) is 39.0 Å². The third-order valence-corrected chi connectivity index (χ3v) is 4.58. The van der Waals surface area contributed by atoms with Gasteiger partial charge in [-0.25, -0.2) is 9.97 Å². The highest BCUT2D eigenvalue weighted by Gasteiger charge is 2.31. The summed E-state index contributed by atoms with van der Waals surface area (Å²) >= 11 is 0. The van der Waals surface area contributed by atoms with Gasteiger partial charge in [0, 0.05) is 26.2 Å². The lowest BCUT2D eigenvalue weighted by Gasteiger charge is -2.32. The van der Waals surface area contributed by atoms with E-state index in [1.54, 1.807) is 0 Å². The molecule has 2 aliphatic heterocycles. The topological polar surface area (TPSA) is 75.4 Å². The van der Waals surface area contributed by atoms with Crippen LogP contribution in [-0.4, -0.2) is 41.1 Å². The van der Waals surface area contributed by atoms with Gasteiger partial charge in [-0.05, 0) is 38.0 Å². The minimum Gasteiger partial charge on any atom is -0.351 e. The first-order valence-corrected chi connectivity index (χ1v) is 8.16. The summed E-state index contributed by atoms with van der Waals surface area (Å²) in [5, 5.41) is 11.7. The summed E-state index contributed by atoms with van der Waals surface area (Å²) in [6, 6.07) is 0. The van der Waals surface area contributed by atoms with Crippen LogP contribution in [0.2, 0.25) is 0 Å². The molecule has 7 nitrogen and oxygen atoms in total. The van der Waals surface area contributed by atoms with Crippen LogP contribution in [0.4, 0.5) is 17.3 Å². The van der Waals surface area contributed by atoms with E-state index in [4.69, 9.17) is 0 Å². The fraction of sp³-hybridized carbons (Fsp3) is 0.733. The van der Waals surface area contributed by atoms with Gasteiger partial charge >= 0.3 is 5.69 Å². The first kappa shape index (κ1) is 15.0. The lowest BCUT2D eigenvalue weighted by Crippen LogP contribution is -2.36. The van der Waals surface area contributed by atoms with Crippen molar-refractivity contribution >= 4 is 17.3 Å². The van der Waals surface area contributed by atoms with Crippen LogP contribution < -0.4 is 9.80 Å². The quantitative estimate of drug-likeness (QED) is 0.631. The molecule has 1 atom stereocenters. The average Bonchev–Trinajstić information content (AvgIpc) is 2.55. The Balaban J connectivity index is 1.97. The van der Waals surface area contributed by atoms with Crippen molar-refractivity contribution in [1.29, 1.82) is 0 Å². The van der Waals surface area contributed by atoms with Crippen molar-refractivity contribution in [1.82, 2.24) is 9.97 Å². The van der Waals surface area contributed by atoms with E-state index in [0.29, 0.717) is 17.6 Å². The second-order valence-corrected chi connectivity index (χ2v) is 6.37. The highest BCUT2D eigenvalue weighted by Crippen LogP contribution is 2.36. The second-order valence-electron chi connectivity index (χ2n) is 6.37. The Morgan fingerprint density at radius 2 is 1.73 bits per heavy atom. The zero-order chi connectivity index (χ0) is 15.5. The molecule has 3 heterocycles. The number of hydrogen-bond donors (Lipinski definition) is 0. The molecule has 1 aromatic rings. The Bertz CT molecular complexity index is 545. The summed E-state index contributed by atoms with van der Waals surface area (Å²) < 4.78 is 0. The molecule has 0 aromatic carbocycles. The largest absolute Gasteiger partial charge is 0.353 e. The predicted molar refractivity (Wildman–Crippen MR) is 85.4 cm³/mol. The Kier molecular flexibility index (Phi) is 4.40. The second kappa shape index (κ2) is 6.46.